The topological polar surface area (TPSA) is 76.9 Å². The monoisotopic (exact) mass is 306 g/mol. The smallest absolute Gasteiger partial charge is 0.223 e. The van der Waals surface area contributed by atoms with Gasteiger partial charge < -0.3 is 13.7 Å². The Hall–Kier alpha value is -3.15. The molecule has 6 heteroatoms. The molecule has 1 aromatic carbocycles. The zero-order valence-corrected chi connectivity index (χ0v) is 12.7. The van der Waals surface area contributed by atoms with Crippen LogP contribution >= 0.6 is 0 Å². The van der Waals surface area contributed by atoms with Crippen LogP contribution < -0.4 is 10.3 Å². The average Bonchev–Trinajstić information content (AvgIpc) is 2.91. The highest BCUT2D eigenvalue weighted by atomic mass is 16.5. The number of fused-ring (bicyclic) bond motifs is 2. The Labute approximate surface area is 131 Å². The van der Waals surface area contributed by atoms with Gasteiger partial charge >= 0.3 is 0 Å². The molecular weight excluding hydrogens is 292 g/mol. The second kappa shape index (κ2) is 4.95. The summed E-state index contributed by atoms with van der Waals surface area (Å²) in [5.41, 5.74) is 2.88. The molecule has 3 heterocycles. The largest absolute Gasteiger partial charge is 0.497 e. The van der Waals surface area contributed by atoms with Gasteiger partial charge in [0.05, 0.1) is 12.7 Å². The predicted molar refractivity (Wildman–Crippen MR) is 86.1 cm³/mol. The van der Waals surface area contributed by atoms with Gasteiger partial charge in [0.2, 0.25) is 5.55 Å². The maximum Gasteiger partial charge on any atom is 0.223 e. The van der Waals surface area contributed by atoms with Crippen LogP contribution in [0.1, 0.15) is 0 Å². The van der Waals surface area contributed by atoms with E-state index in [2.05, 4.69) is 9.97 Å². The molecule has 0 unspecified atom stereocenters. The third-order valence-corrected chi connectivity index (χ3v) is 3.84. The number of methoxy groups -OCH3 is 1. The van der Waals surface area contributed by atoms with Crippen molar-refractivity contribution in [3.63, 3.8) is 0 Å². The SMILES string of the molecule is COc1ccc2oc(=N)c(-c3nc4cccnc4n3C)cc2c1. The van der Waals surface area contributed by atoms with Crippen molar-refractivity contribution in [2.75, 3.05) is 7.11 Å². The molecule has 6 nitrogen and oxygen atoms in total. The van der Waals surface area contributed by atoms with E-state index in [1.807, 2.05) is 41.9 Å². The Morgan fingerprint density at radius 3 is 2.87 bits per heavy atom. The van der Waals surface area contributed by atoms with E-state index in [9.17, 15) is 0 Å². The lowest BCUT2D eigenvalue weighted by Crippen LogP contribution is -2.07. The maximum absolute atomic E-state index is 8.19. The molecule has 114 valence electrons. The number of aromatic nitrogens is 3. The van der Waals surface area contributed by atoms with Crippen molar-refractivity contribution in [3.05, 3.63) is 48.1 Å². The van der Waals surface area contributed by atoms with Crippen LogP contribution in [0.15, 0.2) is 47.0 Å². The fourth-order valence-corrected chi connectivity index (χ4v) is 2.68. The van der Waals surface area contributed by atoms with Gasteiger partial charge in [0.15, 0.2) is 5.65 Å². The highest BCUT2D eigenvalue weighted by Gasteiger charge is 2.14. The molecule has 0 spiro atoms. The van der Waals surface area contributed by atoms with Crippen molar-refractivity contribution in [1.29, 1.82) is 5.41 Å². The van der Waals surface area contributed by atoms with Crippen LogP contribution in [0, 0.1) is 5.41 Å². The fourth-order valence-electron chi connectivity index (χ4n) is 2.68. The number of pyridine rings is 1. The van der Waals surface area contributed by atoms with Gasteiger partial charge in [-0.25, -0.2) is 9.97 Å². The quantitative estimate of drug-likeness (QED) is 0.618. The lowest BCUT2D eigenvalue weighted by atomic mass is 10.1. The molecule has 0 aliphatic heterocycles. The molecule has 3 aromatic heterocycles. The summed E-state index contributed by atoms with van der Waals surface area (Å²) in [4.78, 5) is 8.92. The van der Waals surface area contributed by atoms with Gasteiger partial charge in [-0.05, 0) is 36.4 Å². The molecule has 0 bridgehead atoms. The lowest BCUT2D eigenvalue weighted by molar-refractivity contribution is 0.415. The van der Waals surface area contributed by atoms with Crippen LogP contribution in [0.2, 0.25) is 0 Å². The Morgan fingerprint density at radius 1 is 1.22 bits per heavy atom. The molecule has 23 heavy (non-hydrogen) atoms. The van der Waals surface area contributed by atoms with Crippen molar-refractivity contribution in [3.8, 4) is 17.1 Å². The van der Waals surface area contributed by atoms with E-state index >= 15 is 0 Å². The van der Waals surface area contributed by atoms with E-state index in [0.717, 1.165) is 22.3 Å². The van der Waals surface area contributed by atoms with Crippen LogP contribution in [0.3, 0.4) is 0 Å². The Morgan fingerprint density at radius 2 is 2.09 bits per heavy atom. The second-order valence-electron chi connectivity index (χ2n) is 5.23. The number of nitrogens with zero attached hydrogens (tertiary/aromatic N) is 3. The Balaban J connectivity index is 2.01. The highest BCUT2D eigenvalue weighted by molar-refractivity contribution is 5.83. The molecule has 0 radical (unpaired) electrons. The molecular formula is C17H14N4O2. The minimum absolute atomic E-state index is 0.0704. The van der Waals surface area contributed by atoms with Crippen LogP contribution in [0.4, 0.5) is 0 Å². The summed E-state index contributed by atoms with van der Waals surface area (Å²) in [5, 5.41) is 9.04. The van der Waals surface area contributed by atoms with E-state index in [0.29, 0.717) is 17.0 Å². The number of rotatable bonds is 2. The molecule has 0 amide bonds. The first-order valence-corrected chi connectivity index (χ1v) is 7.11. The maximum atomic E-state index is 8.19. The van der Waals surface area contributed by atoms with Crippen LogP contribution in [0.5, 0.6) is 5.75 Å². The zero-order chi connectivity index (χ0) is 16.0. The number of hydrogen-bond acceptors (Lipinski definition) is 5. The van der Waals surface area contributed by atoms with Gasteiger partial charge in [0.25, 0.3) is 0 Å². The summed E-state index contributed by atoms with van der Waals surface area (Å²) >= 11 is 0. The minimum atomic E-state index is 0.0704. The number of ether oxygens (including phenoxy) is 1. The first kappa shape index (κ1) is 13.5. The van der Waals surface area contributed by atoms with Gasteiger partial charge in [-0.15, -0.1) is 0 Å². The number of hydrogen-bond donors (Lipinski definition) is 1. The van der Waals surface area contributed by atoms with E-state index in [-0.39, 0.29) is 5.55 Å². The molecule has 0 aliphatic carbocycles. The molecule has 0 fully saturated rings. The van der Waals surface area contributed by atoms with E-state index < -0.39 is 0 Å². The summed E-state index contributed by atoms with van der Waals surface area (Å²) in [6.07, 6.45) is 1.73. The second-order valence-corrected chi connectivity index (χ2v) is 5.23. The zero-order valence-electron chi connectivity index (χ0n) is 12.7. The average molecular weight is 306 g/mol. The number of benzene rings is 1. The van der Waals surface area contributed by atoms with E-state index in [1.54, 1.807) is 19.4 Å². The molecule has 0 aliphatic rings. The van der Waals surface area contributed by atoms with Crippen molar-refractivity contribution in [2.45, 2.75) is 0 Å². The molecule has 0 atom stereocenters. The molecule has 0 saturated heterocycles. The minimum Gasteiger partial charge on any atom is -0.497 e. The number of nitrogens with one attached hydrogen (secondary N) is 1. The summed E-state index contributed by atoms with van der Waals surface area (Å²) < 4.78 is 12.8. The van der Waals surface area contributed by atoms with Crippen LogP contribution in [0.25, 0.3) is 33.5 Å². The summed E-state index contributed by atoms with van der Waals surface area (Å²) in [6.45, 7) is 0. The van der Waals surface area contributed by atoms with Crippen molar-refractivity contribution in [1.82, 2.24) is 14.5 Å². The van der Waals surface area contributed by atoms with Gasteiger partial charge in [0.1, 0.15) is 22.7 Å². The van der Waals surface area contributed by atoms with Gasteiger partial charge in [-0.2, -0.15) is 0 Å². The third kappa shape index (κ3) is 2.07. The predicted octanol–water partition coefficient (Wildman–Crippen LogP) is 2.87. The number of imidazole rings is 1. The van der Waals surface area contributed by atoms with Gasteiger partial charge in [0, 0.05) is 18.6 Å². The number of aryl methyl sites for hydroxylation is 1. The highest BCUT2D eigenvalue weighted by Crippen LogP contribution is 2.25. The van der Waals surface area contributed by atoms with Gasteiger partial charge in [-0.1, -0.05) is 0 Å². The van der Waals surface area contributed by atoms with Gasteiger partial charge in [-0.3, -0.25) is 5.41 Å². The standard InChI is InChI=1S/C17H14N4O2/c1-21-16(20-13-4-3-7-19-17(13)21)12-9-10-8-11(22-2)5-6-14(10)23-15(12)18/h3-9,18H,1-2H3. The van der Waals surface area contributed by atoms with E-state index in [4.69, 9.17) is 14.6 Å². The van der Waals surface area contributed by atoms with Crippen molar-refractivity contribution >= 4 is 22.1 Å². The summed E-state index contributed by atoms with van der Waals surface area (Å²) in [6, 6.07) is 11.1. The van der Waals surface area contributed by atoms with E-state index in [1.165, 1.54) is 0 Å². The lowest BCUT2D eigenvalue weighted by Gasteiger charge is -2.05. The summed E-state index contributed by atoms with van der Waals surface area (Å²) in [7, 11) is 3.50. The first-order chi connectivity index (χ1) is 11.2. The normalized spacial score (nSPS) is 11.2. The Bertz CT molecular complexity index is 1090. The molecule has 1 N–H and O–H groups in total. The third-order valence-electron chi connectivity index (χ3n) is 3.84. The summed E-state index contributed by atoms with van der Waals surface area (Å²) in [5.74, 6) is 1.39. The first-order valence-electron chi connectivity index (χ1n) is 7.11. The van der Waals surface area contributed by atoms with Crippen LogP contribution in [-0.4, -0.2) is 21.6 Å². The molecule has 4 rings (SSSR count). The fraction of sp³-hybridized carbons (Fsp3) is 0.118. The van der Waals surface area contributed by atoms with Crippen molar-refractivity contribution < 1.29 is 9.15 Å². The Kier molecular flexibility index (Phi) is 2.90. The molecule has 4 aromatic rings. The molecule has 0 saturated carbocycles. The van der Waals surface area contributed by atoms with Crippen LogP contribution in [-0.2, 0) is 7.05 Å². The van der Waals surface area contributed by atoms with Crippen molar-refractivity contribution in [2.24, 2.45) is 7.05 Å².